The Morgan fingerprint density at radius 3 is 0.677 bits per heavy atom. The summed E-state index contributed by atoms with van der Waals surface area (Å²) >= 11 is 0. The van der Waals surface area contributed by atoms with E-state index in [1.807, 2.05) is 0 Å². The van der Waals surface area contributed by atoms with Crippen molar-refractivity contribution < 1.29 is 275 Å². The maximum Gasteiger partial charge on any atom is 2.00 e. The normalized spacial score (nSPS) is 9.10. The van der Waals surface area contributed by atoms with Crippen LogP contribution in [0.5, 0.6) is 0 Å². The number of carbonyl (C=O) groups is 6. The van der Waals surface area contributed by atoms with Gasteiger partial charge in [-0.1, -0.05) is 0 Å². The number of aliphatic hydroxyl groups is 2. The second kappa shape index (κ2) is 25.7. The maximum atomic E-state index is 10.1. The summed E-state index contributed by atoms with van der Waals surface area (Å²) in [5.74, 6) is -12.0. The van der Waals surface area contributed by atoms with Gasteiger partial charge in [0.05, 0.1) is 11.9 Å². The molecule has 0 fully saturated rings. The quantitative estimate of drug-likeness (QED) is 0.235. The minimum atomic E-state index is -2.97. The van der Waals surface area contributed by atoms with E-state index < -0.39 is 72.7 Å². The molecule has 0 aromatic rings. The summed E-state index contributed by atoms with van der Waals surface area (Å²) in [5, 5.41) is 77.9. The fraction of sp³-hybridized carbons (Fsp3) is 0.500. The van der Waals surface area contributed by atoms with Crippen LogP contribution in [0, 0.1) is 0 Å². The fourth-order valence-electron chi connectivity index (χ4n) is 1.37. The van der Waals surface area contributed by atoms with Crippen LogP contribution in [0.1, 0.15) is 25.7 Å². The molecule has 14 nitrogen and oxygen atoms in total. The molecule has 0 bridgehead atoms. The molecule has 0 unspecified atom stereocenters. The summed E-state index contributed by atoms with van der Waals surface area (Å²) in [6.07, 6.45) is -5.43. The third-order valence-electron chi connectivity index (χ3n) is 2.51. The van der Waals surface area contributed by atoms with E-state index in [0.29, 0.717) is 0 Å². The smallest absolute Gasteiger partial charge is 0.550 e. The molecule has 31 heavy (non-hydrogen) atoms. The standard InChI is InChI=1S/2C6H8O7.4K.Mg/c2*7-3(8)1-6(13,5(11)12)2-4(9)10;;;;;/h2*13H,1-2H2,(H,7,8)(H,9,10)(H,11,12);;;;;/q;;4*+1;+2/p-6. The van der Waals surface area contributed by atoms with Gasteiger partial charge < -0.3 is 69.6 Å². The molecule has 0 heterocycles. The maximum absolute atomic E-state index is 10.1. The first kappa shape index (κ1) is 51.6. The van der Waals surface area contributed by atoms with Crippen LogP contribution < -0.4 is 236 Å². The van der Waals surface area contributed by atoms with Crippen molar-refractivity contribution in [1.29, 1.82) is 0 Å². The van der Waals surface area contributed by atoms with Crippen LogP contribution in [-0.2, 0) is 28.8 Å². The molecule has 0 saturated carbocycles. The molecule has 0 spiro atoms. The number of rotatable bonds is 10. The van der Waals surface area contributed by atoms with Crippen molar-refractivity contribution in [3.8, 4) is 0 Å². The topological polar surface area (TPSA) is 281 Å². The van der Waals surface area contributed by atoms with E-state index in [4.69, 9.17) is 10.2 Å². The van der Waals surface area contributed by atoms with Crippen LogP contribution in [0.15, 0.2) is 0 Å². The summed E-state index contributed by atoms with van der Waals surface area (Å²) in [4.78, 5) is 60.0. The van der Waals surface area contributed by atoms with Gasteiger partial charge in [-0.2, -0.15) is 0 Å². The Hall–Kier alpha value is 4.05. The largest absolute Gasteiger partial charge is 2.00 e. The zero-order chi connectivity index (χ0) is 21.3. The van der Waals surface area contributed by atoms with Gasteiger partial charge in [-0.15, -0.1) is 0 Å². The van der Waals surface area contributed by atoms with Crippen LogP contribution in [0.25, 0.3) is 0 Å². The molecule has 0 saturated heterocycles. The molecule has 19 heteroatoms. The summed E-state index contributed by atoms with van der Waals surface area (Å²) in [6, 6.07) is 0. The molecule has 0 aliphatic rings. The molecule has 0 aromatic carbocycles. The molecular weight excluding hydrogens is 549 g/mol. The van der Waals surface area contributed by atoms with Gasteiger partial charge in [-0.25, -0.2) is 0 Å². The van der Waals surface area contributed by atoms with E-state index >= 15 is 0 Å². The summed E-state index contributed by atoms with van der Waals surface area (Å²) in [7, 11) is 0. The Morgan fingerprint density at radius 1 is 0.484 bits per heavy atom. The van der Waals surface area contributed by atoms with Crippen LogP contribution in [0.3, 0.4) is 0 Å². The summed E-state index contributed by atoms with van der Waals surface area (Å²) in [5.41, 5.74) is -5.95. The van der Waals surface area contributed by atoms with E-state index in [1.54, 1.807) is 0 Å². The predicted octanol–water partition coefficient (Wildman–Crippen LogP) is -22.9. The molecule has 148 valence electrons. The predicted molar refractivity (Wildman–Crippen MR) is 64.2 cm³/mol. The van der Waals surface area contributed by atoms with E-state index in [2.05, 4.69) is 0 Å². The Morgan fingerprint density at radius 2 is 0.613 bits per heavy atom. The zero-order valence-electron chi connectivity index (χ0n) is 17.3. The van der Waals surface area contributed by atoms with Crippen LogP contribution in [0.4, 0.5) is 0 Å². The molecular formula is C12H10K4MgO14. The molecule has 0 rings (SSSR count). The molecule has 0 aliphatic carbocycles. The first-order chi connectivity index (χ1) is 11.6. The molecule has 0 aromatic heterocycles. The van der Waals surface area contributed by atoms with Crippen LogP contribution in [-0.4, -0.2) is 80.3 Å². The van der Waals surface area contributed by atoms with E-state index in [-0.39, 0.29) is 229 Å². The number of carboxylic acid groups (broad SMARTS) is 6. The minimum Gasteiger partial charge on any atom is -0.550 e. The SMILES string of the molecule is O=C([O-])CC(O)(CC(=O)[O-])C(=O)[O-].O=C([O-])CC(O)(CC(=O)[O-])C(=O)[O-].[K+].[K+].[K+].[K+].[Mg+2]. The molecule has 0 radical (unpaired) electrons. The number of carboxylic acids is 6. The van der Waals surface area contributed by atoms with Gasteiger partial charge in [-0.3, -0.25) is 0 Å². The van der Waals surface area contributed by atoms with Crippen molar-refractivity contribution in [2.45, 2.75) is 36.9 Å². The average Bonchev–Trinajstić information content (AvgIpc) is 2.34. The number of carbonyl (C=O) groups excluding carboxylic acids is 6. The van der Waals surface area contributed by atoms with Gasteiger partial charge in [0.2, 0.25) is 0 Å². The summed E-state index contributed by atoms with van der Waals surface area (Å²) < 4.78 is 0. The Bertz CT molecular complexity index is 530. The number of hydrogen-bond acceptors (Lipinski definition) is 14. The van der Waals surface area contributed by atoms with Crippen molar-refractivity contribution >= 4 is 58.9 Å². The Labute approximate surface area is 361 Å². The van der Waals surface area contributed by atoms with Crippen molar-refractivity contribution in [3.63, 3.8) is 0 Å². The molecule has 0 amide bonds. The van der Waals surface area contributed by atoms with Crippen molar-refractivity contribution in [2.75, 3.05) is 0 Å². The van der Waals surface area contributed by atoms with E-state index in [9.17, 15) is 59.4 Å². The van der Waals surface area contributed by atoms with E-state index in [1.165, 1.54) is 0 Å². The fourth-order valence-corrected chi connectivity index (χ4v) is 1.37. The zero-order valence-corrected chi connectivity index (χ0v) is 31.2. The molecule has 2 N–H and O–H groups in total. The second-order valence-corrected chi connectivity index (χ2v) is 4.83. The van der Waals surface area contributed by atoms with Gasteiger partial charge in [0.1, 0.15) is 11.2 Å². The number of aliphatic carboxylic acids is 6. The second-order valence-electron chi connectivity index (χ2n) is 4.83. The third-order valence-corrected chi connectivity index (χ3v) is 2.51. The van der Waals surface area contributed by atoms with Crippen molar-refractivity contribution in [2.24, 2.45) is 0 Å². The first-order valence-electron chi connectivity index (χ1n) is 6.23. The minimum absolute atomic E-state index is 0. The van der Waals surface area contributed by atoms with Gasteiger partial charge in [0, 0.05) is 49.6 Å². The molecule has 0 atom stereocenters. The Balaban J connectivity index is -0.0000000640. The van der Waals surface area contributed by atoms with E-state index in [0.717, 1.165) is 0 Å². The monoisotopic (exact) mass is 558 g/mol. The van der Waals surface area contributed by atoms with Gasteiger partial charge in [0.25, 0.3) is 0 Å². The van der Waals surface area contributed by atoms with Gasteiger partial charge >= 0.3 is 229 Å². The van der Waals surface area contributed by atoms with Gasteiger partial charge in [-0.05, 0) is 0 Å². The van der Waals surface area contributed by atoms with Gasteiger partial charge in [0.15, 0.2) is 0 Å². The third kappa shape index (κ3) is 26.9. The summed E-state index contributed by atoms with van der Waals surface area (Å²) in [6.45, 7) is 0. The first-order valence-corrected chi connectivity index (χ1v) is 6.23. The average molecular weight is 559 g/mol. The Kier molecular flexibility index (Phi) is 42.8. The van der Waals surface area contributed by atoms with Crippen molar-refractivity contribution in [1.82, 2.24) is 0 Å². The van der Waals surface area contributed by atoms with Crippen LogP contribution >= 0.6 is 0 Å². The number of hydrogen-bond donors (Lipinski definition) is 2. The van der Waals surface area contributed by atoms with Crippen molar-refractivity contribution in [3.05, 3.63) is 0 Å². The molecule has 0 aliphatic heterocycles. The van der Waals surface area contributed by atoms with Crippen LogP contribution in [0.2, 0.25) is 0 Å².